The summed E-state index contributed by atoms with van der Waals surface area (Å²) in [4.78, 5) is 30.5. The SMILES string of the molecule is C=CCOc1cccc(C(C(=O)NC(C)(C)C)N(C(=O)C2(C)CCc3c(C)c(O)c(C)c(C)c3O2)c2ccccc2)c1. The Kier molecular flexibility index (Phi) is 8.71. The molecule has 0 fully saturated rings. The van der Waals surface area contributed by atoms with Gasteiger partial charge in [0.2, 0.25) is 5.91 Å². The van der Waals surface area contributed by atoms with Gasteiger partial charge < -0.3 is 19.9 Å². The third kappa shape index (κ3) is 6.15. The molecule has 1 heterocycles. The molecule has 0 aromatic heterocycles. The van der Waals surface area contributed by atoms with Crippen molar-refractivity contribution in [1.82, 2.24) is 5.32 Å². The second-order valence-electron chi connectivity index (χ2n) is 12.2. The normalized spacial score (nSPS) is 16.9. The van der Waals surface area contributed by atoms with E-state index in [4.69, 9.17) is 9.47 Å². The van der Waals surface area contributed by atoms with Gasteiger partial charge in [-0.15, -0.1) is 0 Å². The summed E-state index contributed by atoms with van der Waals surface area (Å²) in [6.45, 7) is 17.2. The number of amides is 2. The first-order chi connectivity index (χ1) is 19.8. The van der Waals surface area contributed by atoms with Crippen LogP contribution < -0.4 is 19.7 Å². The highest BCUT2D eigenvalue weighted by Gasteiger charge is 2.47. The zero-order valence-corrected chi connectivity index (χ0v) is 25.7. The Bertz CT molecular complexity index is 1490. The number of benzene rings is 3. The molecule has 4 rings (SSSR count). The molecule has 2 N–H and O–H groups in total. The number of phenols is 1. The number of phenolic OH excluding ortho intramolecular Hbond substituents is 1. The van der Waals surface area contributed by atoms with Crippen LogP contribution in [0.25, 0.3) is 0 Å². The summed E-state index contributed by atoms with van der Waals surface area (Å²) in [6.07, 6.45) is 2.58. The van der Waals surface area contributed by atoms with Crippen molar-refractivity contribution in [1.29, 1.82) is 0 Å². The minimum Gasteiger partial charge on any atom is -0.507 e. The lowest BCUT2D eigenvalue weighted by Crippen LogP contribution is -2.57. The fraction of sp³-hybridized carbons (Fsp3) is 0.371. The molecule has 2 unspecified atom stereocenters. The number of hydrogen-bond acceptors (Lipinski definition) is 5. The first-order valence-electron chi connectivity index (χ1n) is 14.3. The summed E-state index contributed by atoms with van der Waals surface area (Å²) in [7, 11) is 0. The first kappa shape index (κ1) is 30.7. The lowest BCUT2D eigenvalue weighted by atomic mass is 9.85. The van der Waals surface area contributed by atoms with Crippen molar-refractivity contribution in [2.24, 2.45) is 0 Å². The smallest absolute Gasteiger partial charge is 0.271 e. The molecule has 0 bridgehead atoms. The Labute approximate surface area is 249 Å². The fourth-order valence-electron chi connectivity index (χ4n) is 5.41. The molecule has 7 nitrogen and oxygen atoms in total. The van der Waals surface area contributed by atoms with Crippen LogP contribution in [-0.4, -0.2) is 34.7 Å². The van der Waals surface area contributed by atoms with E-state index in [0.717, 1.165) is 22.3 Å². The third-order valence-electron chi connectivity index (χ3n) is 7.77. The molecule has 0 saturated carbocycles. The Morgan fingerprint density at radius 3 is 2.43 bits per heavy atom. The minimum atomic E-state index is -1.28. The van der Waals surface area contributed by atoms with Crippen LogP contribution in [0, 0.1) is 20.8 Å². The molecule has 0 saturated heterocycles. The van der Waals surface area contributed by atoms with Crippen LogP contribution >= 0.6 is 0 Å². The van der Waals surface area contributed by atoms with Crippen LogP contribution in [0.3, 0.4) is 0 Å². The van der Waals surface area contributed by atoms with Crippen molar-refractivity contribution >= 4 is 17.5 Å². The lowest BCUT2D eigenvalue weighted by molar-refractivity contribution is -0.137. The summed E-state index contributed by atoms with van der Waals surface area (Å²) >= 11 is 0. The summed E-state index contributed by atoms with van der Waals surface area (Å²) < 4.78 is 12.4. The van der Waals surface area contributed by atoms with Crippen molar-refractivity contribution in [3.8, 4) is 17.2 Å². The predicted octanol–water partition coefficient (Wildman–Crippen LogP) is 6.66. The van der Waals surface area contributed by atoms with Crippen LogP contribution in [-0.2, 0) is 16.0 Å². The number of rotatable bonds is 8. The number of hydrogen-bond donors (Lipinski definition) is 2. The molecule has 3 aromatic rings. The number of para-hydroxylation sites is 1. The monoisotopic (exact) mass is 570 g/mol. The van der Waals surface area contributed by atoms with Gasteiger partial charge in [-0.2, -0.15) is 0 Å². The highest BCUT2D eigenvalue weighted by molar-refractivity contribution is 6.05. The molecule has 0 spiro atoms. The van der Waals surface area contributed by atoms with Gasteiger partial charge >= 0.3 is 0 Å². The second-order valence-corrected chi connectivity index (χ2v) is 12.2. The maximum Gasteiger partial charge on any atom is 0.271 e. The van der Waals surface area contributed by atoms with Gasteiger partial charge in [-0.25, -0.2) is 0 Å². The number of nitrogens with zero attached hydrogens (tertiary/aromatic N) is 1. The molecular formula is C35H42N2O5. The molecule has 222 valence electrons. The largest absolute Gasteiger partial charge is 0.507 e. The Hall–Kier alpha value is -4.26. The van der Waals surface area contributed by atoms with E-state index in [9.17, 15) is 14.7 Å². The number of nitrogens with one attached hydrogen (secondary N) is 1. The molecule has 0 aliphatic carbocycles. The average Bonchev–Trinajstić information content (AvgIpc) is 2.95. The van der Waals surface area contributed by atoms with Crippen molar-refractivity contribution in [2.45, 2.75) is 78.5 Å². The molecule has 1 aliphatic heterocycles. The quantitative estimate of drug-likeness (QED) is 0.296. The zero-order valence-electron chi connectivity index (χ0n) is 25.7. The molecule has 7 heteroatoms. The van der Waals surface area contributed by atoms with Gasteiger partial charge in [0.15, 0.2) is 5.60 Å². The third-order valence-corrected chi connectivity index (χ3v) is 7.77. The van der Waals surface area contributed by atoms with Crippen LogP contribution in [0.4, 0.5) is 5.69 Å². The summed E-state index contributed by atoms with van der Waals surface area (Å²) in [5, 5.41) is 13.7. The van der Waals surface area contributed by atoms with Crippen molar-refractivity contribution in [3.05, 3.63) is 95.1 Å². The van der Waals surface area contributed by atoms with Gasteiger partial charge in [-0.1, -0.05) is 43.0 Å². The van der Waals surface area contributed by atoms with Crippen LogP contribution in [0.5, 0.6) is 17.2 Å². The molecule has 3 aromatic carbocycles. The number of anilines is 1. The highest BCUT2D eigenvalue weighted by atomic mass is 16.5. The molecule has 0 radical (unpaired) electrons. The number of carbonyl (C=O) groups excluding carboxylic acids is 2. The van der Waals surface area contributed by atoms with Gasteiger partial charge in [-0.05, 0) is 101 Å². The summed E-state index contributed by atoms with van der Waals surface area (Å²) in [5.74, 6) is 0.778. The van der Waals surface area contributed by atoms with E-state index < -0.39 is 17.2 Å². The average molecular weight is 571 g/mol. The summed E-state index contributed by atoms with van der Waals surface area (Å²) in [5.41, 5.74) is 2.54. The number of fused-ring (bicyclic) bond motifs is 1. The maximum atomic E-state index is 14.8. The topological polar surface area (TPSA) is 88.1 Å². The summed E-state index contributed by atoms with van der Waals surface area (Å²) in [6, 6.07) is 15.4. The van der Waals surface area contributed by atoms with Gasteiger partial charge in [0.05, 0.1) is 0 Å². The van der Waals surface area contributed by atoms with E-state index >= 15 is 0 Å². The van der Waals surface area contributed by atoms with E-state index in [1.165, 1.54) is 0 Å². The van der Waals surface area contributed by atoms with Crippen molar-refractivity contribution in [3.63, 3.8) is 0 Å². The fourth-order valence-corrected chi connectivity index (χ4v) is 5.41. The van der Waals surface area contributed by atoms with Crippen LogP contribution in [0.15, 0.2) is 67.3 Å². The first-order valence-corrected chi connectivity index (χ1v) is 14.3. The Morgan fingerprint density at radius 1 is 1.10 bits per heavy atom. The second kappa shape index (κ2) is 11.9. The molecule has 42 heavy (non-hydrogen) atoms. The molecule has 2 amide bonds. The van der Waals surface area contributed by atoms with E-state index in [0.29, 0.717) is 42.2 Å². The Morgan fingerprint density at radius 2 is 1.79 bits per heavy atom. The van der Waals surface area contributed by atoms with E-state index in [2.05, 4.69) is 11.9 Å². The highest BCUT2D eigenvalue weighted by Crippen LogP contribution is 2.45. The van der Waals surface area contributed by atoms with E-state index in [1.54, 1.807) is 24.0 Å². The van der Waals surface area contributed by atoms with Gasteiger partial charge in [0.1, 0.15) is 29.9 Å². The van der Waals surface area contributed by atoms with Gasteiger partial charge in [-0.3, -0.25) is 14.5 Å². The predicted molar refractivity (Wildman–Crippen MR) is 166 cm³/mol. The number of aromatic hydroxyl groups is 1. The standard InChI is InChI=1S/C35H42N2O5/c1-9-20-41-27-17-13-14-25(21-27)29(32(39)36-34(5,6)7)37(26-15-11-10-12-16-26)33(40)35(8)19-18-28-24(4)30(38)22(2)23(3)31(28)42-35/h9-17,21,29,38H,1,18-20H2,2-8H3,(H,36,39). The maximum absolute atomic E-state index is 14.8. The number of ether oxygens (including phenoxy) is 2. The Balaban J connectivity index is 1.87. The molecule has 1 aliphatic rings. The van der Waals surface area contributed by atoms with Gasteiger partial charge in [0, 0.05) is 23.2 Å². The van der Waals surface area contributed by atoms with Crippen LogP contribution in [0.1, 0.15) is 68.0 Å². The van der Waals surface area contributed by atoms with E-state index in [-0.39, 0.29) is 17.6 Å². The molecular weight excluding hydrogens is 528 g/mol. The molecule has 2 atom stereocenters. The lowest BCUT2D eigenvalue weighted by Gasteiger charge is -2.42. The van der Waals surface area contributed by atoms with Crippen LogP contribution in [0.2, 0.25) is 0 Å². The van der Waals surface area contributed by atoms with Gasteiger partial charge in [0.25, 0.3) is 5.91 Å². The van der Waals surface area contributed by atoms with Crippen molar-refractivity contribution < 1.29 is 24.2 Å². The minimum absolute atomic E-state index is 0.258. The number of carbonyl (C=O) groups is 2. The van der Waals surface area contributed by atoms with E-state index in [1.807, 2.05) is 90.1 Å². The zero-order chi connectivity index (χ0) is 30.8. The van der Waals surface area contributed by atoms with Crippen molar-refractivity contribution in [2.75, 3.05) is 11.5 Å².